The van der Waals surface area contributed by atoms with E-state index in [9.17, 15) is 9.90 Å². The molecule has 3 rings (SSSR count). The molecule has 0 amide bonds. The SMILES string of the molecule is O=C(OCc1ccc(O)cc1)c1ccc2ccccc2c1. The highest BCUT2D eigenvalue weighted by atomic mass is 16.5. The summed E-state index contributed by atoms with van der Waals surface area (Å²) in [6.45, 7) is 0.186. The highest BCUT2D eigenvalue weighted by Gasteiger charge is 2.08. The normalized spacial score (nSPS) is 10.5. The van der Waals surface area contributed by atoms with Gasteiger partial charge in [-0.25, -0.2) is 4.79 Å². The number of phenolic OH excluding ortho intramolecular Hbond substituents is 1. The highest BCUT2D eigenvalue weighted by Crippen LogP contribution is 2.17. The number of carbonyl (C=O) groups excluding carboxylic acids is 1. The molecule has 0 spiro atoms. The van der Waals surface area contributed by atoms with Crippen molar-refractivity contribution >= 4 is 16.7 Å². The molecule has 3 aromatic carbocycles. The molecule has 0 aromatic heterocycles. The Bertz CT molecular complexity index is 776. The number of aromatic hydroxyl groups is 1. The summed E-state index contributed by atoms with van der Waals surface area (Å²) < 4.78 is 5.28. The highest BCUT2D eigenvalue weighted by molar-refractivity contribution is 5.95. The van der Waals surface area contributed by atoms with Crippen LogP contribution in [0.5, 0.6) is 5.75 Å². The van der Waals surface area contributed by atoms with Crippen LogP contribution in [-0.2, 0) is 11.3 Å². The van der Waals surface area contributed by atoms with E-state index in [0.717, 1.165) is 16.3 Å². The Morgan fingerprint density at radius 3 is 2.38 bits per heavy atom. The first-order chi connectivity index (χ1) is 10.2. The predicted octanol–water partition coefficient (Wildman–Crippen LogP) is 3.90. The standard InChI is InChI=1S/C18H14O3/c19-17-9-5-13(6-10-17)12-21-18(20)16-8-7-14-3-1-2-4-15(14)11-16/h1-11,19H,12H2. The van der Waals surface area contributed by atoms with Gasteiger partial charge in [0.1, 0.15) is 12.4 Å². The maximum atomic E-state index is 12.1. The first-order valence-electron chi connectivity index (χ1n) is 6.66. The number of esters is 1. The number of carbonyl (C=O) groups is 1. The van der Waals surface area contributed by atoms with Crippen molar-refractivity contribution in [3.63, 3.8) is 0 Å². The van der Waals surface area contributed by atoms with Crippen LogP contribution in [-0.4, -0.2) is 11.1 Å². The van der Waals surface area contributed by atoms with Crippen molar-refractivity contribution in [1.29, 1.82) is 0 Å². The van der Waals surface area contributed by atoms with E-state index in [1.165, 1.54) is 0 Å². The lowest BCUT2D eigenvalue weighted by Crippen LogP contribution is -2.05. The van der Waals surface area contributed by atoms with Crippen LogP contribution in [0.25, 0.3) is 10.8 Å². The first-order valence-corrected chi connectivity index (χ1v) is 6.66. The van der Waals surface area contributed by atoms with E-state index >= 15 is 0 Å². The average Bonchev–Trinajstić information content (AvgIpc) is 2.53. The average molecular weight is 278 g/mol. The van der Waals surface area contributed by atoms with Crippen molar-refractivity contribution in [3.8, 4) is 5.75 Å². The zero-order chi connectivity index (χ0) is 14.7. The minimum atomic E-state index is -0.353. The monoisotopic (exact) mass is 278 g/mol. The maximum absolute atomic E-state index is 12.1. The Labute approximate surface area is 122 Å². The van der Waals surface area contributed by atoms with Crippen molar-refractivity contribution in [3.05, 3.63) is 77.9 Å². The lowest BCUT2D eigenvalue weighted by atomic mass is 10.1. The van der Waals surface area contributed by atoms with E-state index in [4.69, 9.17) is 4.74 Å². The van der Waals surface area contributed by atoms with Crippen LogP contribution < -0.4 is 0 Å². The fourth-order valence-electron chi connectivity index (χ4n) is 2.14. The van der Waals surface area contributed by atoms with Crippen molar-refractivity contribution < 1.29 is 14.6 Å². The Morgan fingerprint density at radius 2 is 1.62 bits per heavy atom. The third-order valence-corrected chi connectivity index (χ3v) is 3.29. The van der Waals surface area contributed by atoms with Gasteiger partial charge in [-0.05, 0) is 40.6 Å². The summed E-state index contributed by atoms with van der Waals surface area (Å²) in [4.78, 5) is 12.1. The predicted molar refractivity (Wildman–Crippen MR) is 81.2 cm³/mol. The van der Waals surface area contributed by atoms with Gasteiger partial charge in [-0.15, -0.1) is 0 Å². The molecule has 0 bridgehead atoms. The molecule has 0 aliphatic rings. The van der Waals surface area contributed by atoms with Gasteiger partial charge in [0.15, 0.2) is 0 Å². The van der Waals surface area contributed by atoms with E-state index in [1.807, 2.05) is 36.4 Å². The molecular formula is C18H14O3. The van der Waals surface area contributed by atoms with E-state index in [2.05, 4.69) is 0 Å². The van der Waals surface area contributed by atoms with Crippen molar-refractivity contribution in [2.45, 2.75) is 6.61 Å². The molecule has 3 aromatic rings. The van der Waals surface area contributed by atoms with Crippen molar-refractivity contribution in [1.82, 2.24) is 0 Å². The van der Waals surface area contributed by atoms with Gasteiger partial charge in [0.25, 0.3) is 0 Å². The maximum Gasteiger partial charge on any atom is 0.338 e. The number of hydrogen-bond donors (Lipinski definition) is 1. The van der Waals surface area contributed by atoms with E-state index in [0.29, 0.717) is 5.56 Å². The zero-order valence-corrected chi connectivity index (χ0v) is 11.3. The van der Waals surface area contributed by atoms with Gasteiger partial charge in [-0.1, -0.05) is 42.5 Å². The summed E-state index contributed by atoms with van der Waals surface area (Å²) in [5.41, 5.74) is 1.37. The summed E-state index contributed by atoms with van der Waals surface area (Å²) in [5.74, 6) is -0.159. The fourth-order valence-corrected chi connectivity index (χ4v) is 2.14. The third kappa shape index (κ3) is 3.03. The Hall–Kier alpha value is -2.81. The molecule has 0 saturated carbocycles. The second-order valence-electron chi connectivity index (χ2n) is 4.80. The molecule has 0 heterocycles. The van der Waals surface area contributed by atoms with Crippen LogP contribution in [0, 0.1) is 0 Å². The molecule has 3 nitrogen and oxygen atoms in total. The molecule has 0 atom stereocenters. The number of hydrogen-bond acceptors (Lipinski definition) is 3. The molecule has 3 heteroatoms. The van der Waals surface area contributed by atoms with Crippen molar-refractivity contribution in [2.24, 2.45) is 0 Å². The molecule has 0 saturated heterocycles. The van der Waals surface area contributed by atoms with E-state index in [-0.39, 0.29) is 18.3 Å². The summed E-state index contributed by atoms with van der Waals surface area (Å²) in [5, 5.41) is 11.3. The second kappa shape index (κ2) is 5.67. The fraction of sp³-hybridized carbons (Fsp3) is 0.0556. The molecule has 0 aliphatic carbocycles. The lowest BCUT2D eigenvalue weighted by Gasteiger charge is -2.06. The Kier molecular flexibility index (Phi) is 3.56. The van der Waals surface area contributed by atoms with Gasteiger partial charge in [-0.3, -0.25) is 0 Å². The topological polar surface area (TPSA) is 46.5 Å². The van der Waals surface area contributed by atoms with Crippen LogP contribution in [0.15, 0.2) is 66.7 Å². The smallest absolute Gasteiger partial charge is 0.338 e. The summed E-state index contributed by atoms with van der Waals surface area (Å²) in [6.07, 6.45) is 0. The van der Waals surface area contributed by atoms with Gasteiger partial charge in [-0.2, -0.15) is 0 Å². The number of ether oxygens (including phenoxy) is 1. The largest absolute Gasteiger partial charge is 0.508 e. The van der Waals surface area contributed by atoms with Crippen LogP contribution in [0.4, 0.5) is 0 Å². The minimum Gasteiger partial charge on any atom is -0.508 e. The third-order valence-electron chi connectivity index (χ3n) is 3.29. The number of rotatable bonds is 3. The molecule has 1 N–H and O–H groups in total. The molecule has 0 aliphatic heterocycles. The second-order valence-corrected chi connectivity index (χ2v) is 4.80. The van der Waals surface area contributed by atoms with Crippen LogP contribution in [0.2, 0.25) is 0 Å². The number of fused-ring (bicyclic) bond motifs is 1. The van der Waals surface area contributed by atoms with Gasteiger partial charge in [0, 0.05) is 0 Å². The van der Waals surface area contributed by atoms with Gasteiger partial charge in [0.05, 0.1) is 5.56 Å². The summed E-state index contributed by atoms with van der Waals surface area (Å²) in [7, 11) is 0. The Balaban J connectivity index is 1.73. The number of phenols is 1. The van der Waals surface area contributed by atoms with Gasteiger partial charge in [0.2, 0.25) is 0 Å². The van der Waals surface area contributed by atoms with Crippen LogP contribution in [0.3, 0.4) is 0 Å². The van der Waals surface area contributed by atoms with Crippen LogP contribution >= 0.6 is 0 Å². The molecule has 0 radical (unpaired) electrons. The number of benzene rings is 3. The molecule has 104 valence electrons. The Morgan fingerprint density at radius 1 is 0.905 bits per heavy atom. The first kappa shape index (κ1) is 13.2. The molecule has 0 fully saturated rings. The molecule has 21 heavy (non-hydrogen) atoms. The van der Waals surface area contributed by atoms with Gasteiger partial charge < -0.3 is 9.84 Å². The lowest BCUT2D eigenvalue weighted by molar-refractivity contribution is 0.0473. The van der Waals surface area contributed by atoms with Gasteiger partial charge >= 0.3 is 5.97 Å². The molecule has 0 unspecified atom stereocenters. The molecular weight excluding hydrogens is 264 g/mol. The van der Waals surface area contributed by atoms with E-state index in [1.54, 1.807) is 30.3 Å². The summed E-state index contributed by atoms with van der Waals surface area (Å²) >= 11 is 0. The van der Waals surface area contributed by atoms with E-state index < -0.39 is 0 Å². The minimum absolute atomic E-state index is 0.186. The quantitative estimate of drug-likeness (QED) is 0.739. The summed E-state index contributed by atoms with van der Waals surface area (Å²) in [6, 6.07) is 20.0. The zero-order valence-electron chi connectivity index (χ0n) is 11.3. The van der Waals surface area contributed by atoms with Crippen LogP contribution in [0.1, 0.15) is 15.9 Å². The van der Waals surface area contributed by atoms with Crippen molar-refractivity contribution in [2.75, 3.05) is 0 Å².